The molecule has 1 aromatic carbocycles. The van der Waals surface area contributed by atoms with Gasteiger partial charge in [0, 0.05) is 0 Å². The first-order chi connectivity index (χ1) is 11.3. The lowest BCUT2D eigenvalue weighted by molar-refractivity contribution is 0.177. The van der Waals surface area contributed by atoms with Crippen LogP contribution in [0.25, 0.3) is 0 Å². The van der Waals surface area contributed by atoms with Crippen molar-refractivity contribution in [1.29, 1.82) is 0 Å². The second kappa shape index (κ2) is 14.2. The largest absolute Gasteiger partial charge is 0.498 e. The van der Waals surface area contributed by atoms with Gasteiger partial charge in [0.2, 0.25) is 0 Å². The number of benzene rings is 1. The van der Waals surface area contributed by atoms with Crippen LogP contribution in [-0.4, -0.2) is 13.2 Å². The second-order valence-corrected chi connectivity index (χ2v) is 6.25. The van der Waals surface area contributed by atoms with E-state index >= 15 is 0 Å². The highest BCUT2D eigenvalue weighted by Gasteiger charge is 1.98. The molecule has 2 heteroatoms. The van der Waals surface area contributed by atoms with Crippen molar-refractivity contribution in [3.05, 3.63) is 42.7 Å². The van der Waals surface area contributed by atoms with E-state index in [2.05, 4.69) is 19.9 Å². The van der Waals surface area contributed by atoms with E-state index in [4.69, 9.17) is 9.47 Å². The van der Waals surface area contributed by atoms with Crippen molar-refractivity contribution in [3.8, 4) is 5.75 Å². The standard InChI is InChI=1S/C21H34O2/c1-3-4-5-6-7-8-10-13-20(2)16-17-22-18-19-23-21-14-11-9-12-15-21/h9,11-12,14-17,20H,3-8,10,13,18-19H2,1-2H3. The number of unbranched alkanes of at least 4 members (excludes halogenated alkanes) is 6. The van der Waals surface area contributed by atoms with Gasteiger partial charge in [-0.15, -0.1) is 0 Å². The number of hydrogen-bond donors (Lipinski definition) is 0. The SMILES string of the molecule is CCCCCCCCCC(C)C=COCCOc1ccccc1. The van der Waals surface area contributed by atoms with Gasteiger partial charge in [-0.1, -0.05) is 77.0 Å². The maximum atomic E-state index is 5.57. The molecule has 0 aromatic heterocycles. The Morgan fingerprint density at radius 1 is 0.913 bits per heavy atom. The van der Waals surface area contributed by atoms with Crippen molar-refractivity contribution in [2.75, 3.05) is 13.2 Å². The number of hydrogen-bond acceptors (Lipinski definition) is 2. The number of allylic oxidation sites excluding steroid dienone is 1. The fourth-order valence-electron chi connectivity index (χ4n) is 2.50. The van der Waals surface area contributed by atoms with Crippen LogP contribution in [0.15, 0.2) is 42.7 Å². The second-order valence-electron chi connectivity index (χ2n) is 6.25. The molecule has 0 heterocycles. The lowest BCUT2D eigenvalue weighted by Crippen LogP contribution is -2.04. The zero-order valence-corrected chi connectivity index (χ0v) is 15.0. The average Bonchev–Trinajstić information content (AvgIpc) is 2.58. The van der Waals surface area contributed by atoms with Crippen molar-refractivity contribution >= 4 is 0 Å². The molecule has 0 aliphatic rings. The summed E-state index contributed by atoms with van der Waals surface area (Å²) in [5.41, 5.74) is 0. The average molecular weight is 319 g/mol. The third-order valence-electron chi connectivity index (χ3n) is 3.98. The first-order valence-electron chi connectivity index (χ1n) is 9.29. The fourth-order valence-corrected chi connectivity index (χ4v) is 2.50. The van der Waals surface area contributed by atoms with E-state index in [0.717, 1.165) is 5.75 Å². The van der Waals surface area contributed by atoms with Crippen LogP contribution in [0.3, 0.4) is 0 Å². The van der Waals surface area contributed by atoms with Gasteiger partial charge in [0.1, 0.15) is 19.0 Å². The van der Waals surface area contributed by atoms with Crippen molar-refractivity contribution in [2.45, 2.75) is 65.2 Å². The van der Waals surface area contributed by atoms with Gasteiger partial charge < -0.3 is 9.47 Å². The maximum Gasteiger partial charge on any atom is 0.122 e. The van der Waals surface area contributed by atoms with Crippen molar-refractivity contribution in [1.82, 2.24) is 0 Å². The molecule has 1 unspecified atom stereocenters. The minimum absolute atomic E-state index is 0.584. The van der Waals surface area contributed by atoms with E-state index in [0.29, 0.717) is 19.1 Å². The molecule has 0 spiro atoms. The molecule has 0 saturated carbocycles. The third-order valence-corrected chi connectivity index (χ3v) is 3.98. The van der Waals surface area contributed by atoms with Gasteiger partial charge >= 0.3 is 0 Å². The Morgan fingerprint density at radius 2 is 1.61 bits per heavy atom. The predicted molar refractivity (Wildman–Crippen MR) is 98.8 cm³/mol. The number of rotatable bonds is 14. The summed E-state index contributed by atoms with van der Waals surface area (Å²) in [7, 11) is 0. The van der Waals surface area contributed by atoms with E-state index in [-0.39, 0.29) is 0 Å². The number of ether oxygens (including phenoxy) is 2. The molecule has 0 aliphatic heterocycles. The van der Waals surface area contributed by atoms with E-state index in [1.807, 2.05) is 36.6 Å². The zero-order valence-electron chi connectivity index (χ0n) is 15.0. The molecule has 1 rings (SSSR count). The number of para-hydroxylation sites is 1. The van der Waals surface area contributed by atoms with Gasteiger partial charge in [-0.05, 0) is 30.5 Å². The first-order valence-corrected chi connectivity index (χ1v) is 9.29. The van der Waals surface area contributed by atoms with Crippen molar-refractivity contribution in [3.63, 3.8) is 0 Å². The topological polar surface area (TPSA) is 18.5 Å². The normalized spacial score (nSPS) is 12.4. The Hall–Kier alpha value is -1.44. The minimum atomic E-state index is 0.584. The maximum absolute atomic E-state index is 5.57. The summed E-state index contributed by atoms with van der Waals surface area (Å²) in [6.07, 6.45) is 14.9. The Bertz CT molecular complexity index is 386. The quantitative estimate of drug-likeness (QED) is 0.293. The fraction of sp³-hybridized carbons (Fsp3) is 0.619. The van der Waals surface area contributed by atoms with Crippen molar-refractivity contribution < 1.29 is 9.47 Å². The molecule has 0 saturated heterocycles. The molecule has 0 amide bonds. The molecule has 23 heavy (non-hydrogen) atoms. The summed E-state index contributed by atoms with van der Waals surface area (Å²) >= 11 is 0. The summed E-state index contributed by atoms with van der Waals surface area (Å²) in [4.78, 5) is 0. The third kappa shape index (κ3) is 11.7. The summed E-state index contributed by atoms with van der Waals surface area (Å²) < 4.78 is 11.1. The predicted octanol–water partition coefficient (Wildman–Crippen LogP) is 6.37. The van der Waals surface area contributed by atoms with Gasteiger partial charge in [0.25, 0.3) is 0 Å². The molecule has 0 N–H and O–H groups in total. The lowest BCUT2D eigenvalue weighted by Gasteiger charge is -2.07. The molecule has 1 aromatic rings. The van der Waals surface area contributed by atoms with E-state index in [9.17, 15) is 0 Å². The summed E-state index contributed by atoms with van der Waals surface area (Å²) in [5.74, 6) is 1.49. The molecule has 0 fully saturated rings. The lowest BCUT2D eigenvalue weighted by atomic mass is 10.0. The Labute approximate surface area is 142 Å². The highest BCUT2D eigenvalue weighted by Crippen LogP contribution is 2.13. The van der Waals surface area contributed by atoms with E-state index in [1.54, 1.807) is 0 Å². The first kappa shape index (κ1) is 19.6. The van der Waals surface area contributed by atoms with E-state index in [1.165, 1.54) is 51.4 Å². The van der Waals surface area contributed by atoms with Crippen LogP contribution < -0.4 is 4.74 Å². The molecule has 0 bridgehead atoms. The van der Waals surface area contributed by atoms with Crippen LogP contribution in [0.4, 0.5) is 0 Å². The van der Waals surface area contributed by atoms with Gasteiger partial charge in [-0.2, -0.15) is 0 Å². The van der Waals surface area contributed by atoms with Crippen LogP contribution >= 0.6 is 0 Å². The molecule has 130 valence electrons. The van der Waals surface area contributed by atoms with Gasteiger partial charge in [0.15, 0.2) is 0 Å². The minimum Gasteiger partial charge on any atom is -0.498 e. The highest BCUT2D eigenvalue weighted by atomic mass is 16.5. The Balaban J connectivity index is 1.91. The van der Waals surface area contributed by atoms with Crippen LogP contribution in [0.1, 0.15) is 65.2 Å². The van der Waals surface area contributed by atoms with E-state index < -0.39 is 0 Å². The van der Waals surface area contributed by atoms with Crippen molar-refractivity contribution in [2.24, 2.45) is 5.92 Å². The highest BCUT2D eigenvalue weighted by molar-refractivity contribution is 5.20. The summed E-state index contributed by atoms with van der Waals surface area (Å²) in [6, 6.07) is 9.85. The monoisotopic (exact) mass is 318 g/mol. The Kier molecular flexibility index (Phi) is 12.1. The van der Waals surface area contributed by atoms with Crippen LogP contribution in [0.2, 0.25) is 0 Å². The van der Waals surface area contributed by atoms with Crippen LogP contribution in [0, 0.1) is 5.92 Å². The smallest absolute Gasteiger partial charge is 0.122 e. The molecule has 2 nitrogen and oxygen atoms in total. The molecular formula is C21H34O2. The summed E-state index contributed by atoms with van der Waals surface area (Å²) in [5, 5.41) is 0. The molecule has 1 atom stereocenters. The summed E-state index contributed by atoms with van der Waals surface area (Å²) in [6.45, 7) is 5.71. The zero-order chi connectivity index (χ0) is 16.6. The Morgan fingerprint density at radius 3 is 2.35 bits per heavy atom. The van der Waals surface area contributed by atoms with Gasteiger partial charge in [-0.3, -0.25) is 0 Å². The molecule has 0 aliphatic carbocycles. The van der Waals surface area contributed by atoms with Gasteiger partial charge in [-0.25, -0.2) is 0 Å². The molecular weight excluding hydrogens is 284 g/mol. The van der Waals surface area contributed by atoms with Crippen LogP contribution in [0.5, 0.6) is 5.75 Å². The molecule has 0 radical (unpaired) electrons. The van der Waals surface area contributed by atoms with Crippen LogP contribution in [-0.2, 0) is 4.74 Å². The van der Waals surface area contributed by atoms with Gasteiger partial charge in [0.05, 0.1) is 6.26 Å².